The van der Waals surface area contributed by atoms with E-state index in [-0.39, 0.29) is 0 Å². The zero-order valence-electron chi connectivity index (χ0n) is 21.9. The fourth-order valence-electron chi connectivity index (χ4n) is 5.62. The van der Waals surface area contributed by atoms with Crippen LogP contribution in [0.3, 0.4) is 0 Å². The highest BCUT2D eigenvalue weighted by atomic mass is 16.6. The predicted octanol–water partition coefficient (Wildman–Crippen LogP) is 5.91. The van der Waals surface area contributed by atoms with Crippen molar-refractivity contribution in [3.8, 4) is 0 Å². The van der Waals surface area contributed by atoms with Gasteiger partial charge in [0.15, 0.2) is 17.8 Å². The fraction of sp³-hybridized carbons (Fsp3) is 0.212. The molecule has 2 aliphatic carbocycles. The minimum absolute atomic E-state index is 0.337. The molecule has 2 aliphatic rings. The van der Waals surface area contributed by atoms with Crippen molar-refractivity contribution in [3.63, 3.8) is 0 Å². The van der Waals surface area contributed by atoms with E-state index in [2.05, 4.69) is 6.58 Å². The molecule has 6 heteroatoms. The molecule has 5 rings (SSSR count). The third kappa shape index (κ3) is 4.42. The van der Waals surface area contributed by atoms with Gasteiger partial charge in [-0.3, -0.25) is 0 Å². The Balaban J connectivity index is 1.76. The number of hydrogen-bond acceptors (Lipinski definition) is 6. The molecule has 0 amide bonds. The predicted molar refractivity (Wildman–Crippen MR) is 147 cm³/mol. The van der Waals surface area contributed by atoms with Gasteiger partial charge in [-0.25, -0.2) is 9.59 Å². The SMILES string of the molecule is C=C1/C=C\C=C/C[C@]2(OC)c3ccccc3[C@@]1(OC)[C@@H](OC(=O)c1ccccc1)[C@H]2OC(=O)c1ccccc1. The number of methoxy groups -OCH3 is 2. The Bertz CT molecular complexity index is 1430. The van der Waals surface area contributed by atoms with E-state index in [4.69, 9.17) is 18.9 Å². The highest BCUT2D eigenvalue weighted by molar-refractivity contribution is 5.90. The quantitative estimate of drug-likeness (QED) is 0.375. The molecule has 2 bridgehead atoms. The lowest BCUT2D eigenvalue weighted by Crippen LogP contribution is -2.64. The van der Waals surface area contributed by atoms with Crippen LogP contribution in [-0.4, -0.2) is 38.4 Å². The van der Waals surface area contributed by atoms with Crippen molar-refractivity contribution >= 4 is 11.9 Å². The zero-order valence-corrected chi connectivity index (χ0v) is 21.9. The van der Waals surface area contributed by atoms with Gasteiger partial charge in [0.05, 0.1) is 11.1 Å². The van der Waals surface area contributed by atoms with E-state index in [0.717, 1.165) is 11.1 Å². The van der Waals surface area contributed by atoms with Gasteiger partial charge in [0.25, 0.3) is 0 Å². The zero-order chi connectivity index (χ0) is 27.5. The molecule has 3 aromatic carbocycles. The van der Waals surface area contributed by atoms with Gasteiger partial charge in [-0.05, 0) is 41.0 Å². The molecule has 0 saturated carbocycles. The van der Waals surface area contributed by atoms with Crippen LogP contribution in [0.25, 0.3) is 0 Å². The van der Waals surface area contributed by atoms with Gasteiger partial charge < -0.3 is 18.9 Å². The van der Waals surface area contributed by atoms with Gasteiger partial charge in [-0.1, -0.05) is 91.5 Å². The maximum Gasteiger partial charge on any atom is 0.338 e. The molecule has 0 unspecified atom stereocenters. The molecule has 3 aromatic rings. The lowest BCUT2D eigenvalue weighted by Gasteiger charge is -2.54. The van der Waals surface area contributed by atoms with Crippen LogP contribution in [0.5, 0.6) is 0 Å². The number of esters is 2. The Labute approximate surface area is 228 Å². The van der Waals surface area contributed by atoms with Gasteiger partial charge in [0, 0.05) is 20.6 Å². The molecule has 39 heavy (non-hydrogen) atoms. The van der Waals surface area contributed by atoms with Gasteiger partial charge in [-0.15, -0.1) is 0 Å². The number of carbonyl (C=O) groups excluding carboxylic acids is 2. The average Bonchev–Trinajstić information content (AvgIpc) is 2.99. The molecule has 0 fully saturated rings. The Morgan fingerprint density at radius 2 is 1.26 bits per heavy atom. The molecule has 4 atom stereocenters. The van der Waals surface area contributed by atoms with E-state index in [1.807, 2.05) is 60.7 Å². The molecular formula is C33H30O6. The Hall–Kier alpha value is -4.26. The number of allylic oxidation sites excluding steroid dienone is 2. The van der Waals surface area contributed by atoms with Crippen LogP contribution < -0.4 is 0 Å². The summed E-state index contributed by atoms with van der Waals surface area (Å²) in [4.78, 5) is 27.2. The van der Waals surface area contributed by atoms with Crippen LogP contribution in [0.4, 0.5) is 0 Å². The maximum atomic E-state index is 13.6. The van der Waals surface area contributed by atoms with Crippen molar-refractivity contribution in [1.82, 2.24) is 0 Å². The summed E-state index contributed by atoms with van der Waals surface area (Å²) < 4.78 is 25.2. The summed E-state index contributed by atoms with van der Waals surface area (Å²) in [6.07, 6.45) is 5.59. The highest BCUT2D eigenvalue weighted by Gasteiger charge is 2.64. The smallest absolute Gasteiger partial charge is 0.338 e. The minimum atomic E-state index is -1.38. The number of carbonyl (C=O) groups is 2. The van der Waals surface area contributed by atoms with Crippen molar-refractivity contribution in [3.05, 3.63) is 144 Å². The van der Waals surface area contributed by atoms with Crippen molar-refractivity contribution in [2.45, 2.75) is 29.8 Å². The topological polar surface area (TPSA) is 71.1 Å². The molecule has 0 aromatic heterocycles. The summed E-state index contributed by atoms with van der Waals surface area (Å²) in [5.41, 5.74) is 0.134. The summed E-state index contributed by atoms with van der Waals surface area (Å²) in [5.74, 6) is -1.16. The summed E-state index contributed by atoms with van der Waals surface area (Å²) in [7, 11) is 3.11. The van der Waals surface area contributed by atoms with E-state index in [1.54, 1.807) is 55.6 Å². The van der Waals surface area contributed by atoms with Crippen molar-refractivity contribution in [2.24, 2.45) is 0 Å². The Morgan fingerprint density at radius 1 is 0.718 bits per heavy atom. The Kier molecular flexibility index (Phi) is 7.33. The first kappa shape index (κ1) is 26.4. The molecular weight excluding hydrogens is 492 g/mol. The number of hydrogen-bond donors (Lipinski definition) is 0. The molecule has 6 nitrogen and oxygen atoms in total. The normalized spacial score (nSPS) is 27.2. The molecule has 0 radical (unpaired) electrons. The largest absolute Gasteiger partial charge is 0.451 e. The monoisotopic (exact) mass is 522 g/mol. The lowest BCUT2D eigenvalue weighted by atomic mass is 9.63. The van der Waals surface area contributed by atoms with Crippen molar-refractivity contribution < 1.29 is 28.5 Å². The summed E-state index contributed by atoms with van der Waals surface area (Å²) in [6, 6.07) is 25.0. The Morgan fingerprint density at radius 3 is 1.82 bits per heavy atom. The average molecular weight is 523 g/mol. The third-order valence-corrected chi connectivity index (χ3v) is 7.53. The second-order valence-corrected chi connectivity index (χ2v) is 9.48. The van der Waals surface area contributed by atoms with E-state index < -0.39 is 35.3 Å². The molecule has 0 spiro atoms. The van der Waals surface area contributed by atoms with Crippen LogP contribution in [-0.2, 0) is 30.1 Å². The van der Waals surface area contributed by atoms with Gasteiger partial charge in [-0.2, -0.15) is 0 Å². The minimum Gasteiger partial charge on any atom is -0.451 e. The molecule has 0 heterocycles. The fourth-order valence-corrected chi connectivity index (χ4v) is 5.62. The van der Waals surface area contributed by atoms with E-state index in [1.165, 1.54) is 7.11 Å². The van der Waals surface area contributed by atoms with E-state index >= 15 is 0 Å². The standard InChI is InChI=1S/C33H30O6/c1-23-15-7-6-14-22-32(36-2)26-20-12-13-21-27(26)33(23,37-3)29(39-31(35)25-18-10-5-11-19-25)28(32)38-30(34)24-16-8-4-9-17-24/h4-21,28-29H,1,22H2,2-3H3/b14-6-,15-7-/t28-,29+,32+,33-/m1/s1. The van der Waals surface area contributed by atoms with Crippen LogP contribution in [0.1, 0.15) is 38.3 Å². The molecule has 0 aliphatic heterocycles. The maximum absolute atomic E-state index is 13.6. The summed E-state index contributed by atoms with van der Waals surface area (Å²) in [5, 5.41) is 0. The third-order valence-electron chi connectivity index (χ3n) is 7.53. The first-order valence-corrected chi connectivity index (χ1v) is 12.7. The van der Waals surface area contributed by atoms with Gasteiger partial charge in [0.2, 0.25) is 0 Å². The second-order valence-electron chi connectivity index (χ2n) is 9.48. The lowest BCUT2D eigenvalue weighted by molar-refractivity contribution is -0.213. The molecule has 198 valence electrons. The first-order chi connectivity index (χ1) is 19.0. The second kappa shape index (κ2) is 10.8. The van der Waals surface area contributed by atoms with Crippen LogP contribution in [0.2, 0.25) is 0 Å². The van der Waals surface area contributed by atoms with Crippen molar-refractivity contribution in [1.29, 1.82) is 0 Å². The van der Waals surface area contributed by atoms with Crippen LogP contribution in [0.15, 0.2) is 121 Å². The summed E-state index contributed by atoms with van der Waals surface area (Å²) >= 11 is 0. The number of rotatable bonds is 6. The van der Waals surface area contributed by atoms with E-state index in [0.29, 0.717) is 23.1 Å². The van der Waals surface area contributed by atoms with Gasteiger partial charge in [0.1, 0.15) is 5.60 Å². The first-order valence-electron chi connectivity index (χ1n) is 12.7. The van der Waals surface area contributed by atoms with E-state index in [9.17, 15) is 9.59 Å². The summed E-state index contributed by atoms with van der Waals surface area (Å²) in [6.45, 7) is 4.34. The molecule has 0 N–H and O–H groups in total. The van der Waals surface area contributed by atoms with Crippen LogP contribution in [0, 0.1) is 0 Å². The number of benzene rings is 3. The molecule has 0 saturated heterocycles. The van der Waals surface area contributed by atoms with Crippen molar-refractivity contribution in [2.75, 3.05) is 14.2 Å². The van der Waals surface area contributed by atoms with Gasteiger partial charge >= 0.3 is 11.9 Å². The highest BCUT2D eigenvalue weighted by Crippen LogP contribution is 2.54. The van der Waals surface area contributed by atoms with Crippen LogP contribution >= 0.6 is 0 Å². The number of ether oxygens (including phenoxy) is 4.